The lowest BCUT2D eigenvalue weighted by molar-refractivity contribution is -0.146. The van der Waals surface area contributed by atoms with E-state index in [9.17, 15) is 19.1 Å². The molecule has 1 aromatic carbocycles. The van der Waals surface area contributed by atoms with Gasteiger partial charge in [-0.1, -0.05) is 25.4 Å². The Kier molecular flexibility index (Phi) is 6.48. The van der Waals surface area contributed by atoms with Crippen molar-refractivity contribution < 1.29 is 19.1 Å². The Morgan fingerprint density at radius 1 is 1.19 bits per heavy atom. The fourth-order valence-electron chi connectivity index (χ4n) is 5.23. The number of carbonyl (C=O) groups excluding carboxylic acids is 2. The summed E-state index contributed by atoms with van der Waals surface area (Å²) in [5.74, 6) is -0.695. The zero-order valence-electron chi connectivity index (χ0n) is 21.4. The maximum Gasteiger partial charge on any atom is 0.274 e. The molecule has 1 N–H and O–H groups in total. The number of hydrogen-bond donors (Lipinski definition) is 1. The molecule has 1 saturated carbocycles. The minimum absolute atomic E-state index is 0.0142. The van der Waals surface area contributed by atoms with Gasteiger partial charge in [0.25, 0.3) is 5.91 Å². The van der Waals surface area contributed by atoms with E-state index in [-0.39, 0.29) is 40.5 Å². The highest BCUT2D eigenvalue weighted by Gasteiger charge is 2.43. The van der Waals surface area contributed by atoms with Crippen LogP contribution in [0.1, 0.15) is 62.5 Å². The molecule has 3 aromatic rings. The molecule has 2 fully saturated rings. The highest BCUT2D eigenvalue weighted by molar-refractivity contribution is 6.31. The fraction of sp³-hybridized carbons (Fsp3) is 0.481. The number of halogens is 2. The molecule has 0 atom stereocenters. The molecule has 1 aliphatic carbocycles. The van der Waals surface area contributed by atoms with E-state index in [1.54, 1.807) is 21.7 Å². The number of aliphatic hydroxyl groups is 1. The smallest absolute Gasteiger partial charge is 0.274 e. The van der Waals surface area contributed by atoms with Crippen LogP contribution in [0.15, 0.2) is 30.5 Å². The van der Waals surface area contributed by atoms with E-state index >= 15 is 0 Å². The molecule has 2 aromatic heterocycles. The first-order valence-electron chi connectivity index (χ1n) is 12.6. The third-order valence-electron chi connectivity index (χ3n) is 7.43. The van der Waals surface area contributed by atoms with Gasteiger partial charge in [0.2, 0.25) is 5.91 Å². The molecule has 196 valence electrons. The average molecular weight is 528 g/mol. The highest BCUT2D eigenvalue weighted by atomic mass is 35.5. The van der Waals surface area contributed by atoms with E-state index in [0.29, 0.717) is 49.4 Å². The van der Waals surface area contributed by atoms with Gasteiger partial charge in [-0.3, -0.25) is 9.59 Å². The first-order valence-corrected chi connectivity index (χ1v) is 13.0. The van der Waals surface area contributed by atoms with Crippen LogP contribution in [0.4, 0.5) is 4.39 Å². The molecule has 2 amide bonds. The number of imidazole rings is 1. The lowest BCUT2D eigenvalue weighted by Gasteiger charge is -2.48. The highest BCUT2D eigenvalue weighted by Crippen LogP contribution is 2.32. The number of rotatable bonds is 4. The van der Waals surface area contributed by atoms with Gasteiger partial charge < -0.3 is 14.9 Å². The molecule has 1 saturated heterocycles. The molecule has 0 radical (unpaired) electrons. The molecular weight excluding hydrogens is 497 g/mol. The van der Waals surface area contributed by atoms with Gasteiger partial charge in [-0.05, 0) is 56.9 Å². The van der Waals surface area contributed by atoms with Crippen molar-refractivity contribution in [2.75, 3.05) is 19.6 Å². The Morgan fingerprint density at radius 2 is 1.92 bits per heavy atom. The molecule has 1 aliphatic heterocycles. The van der Waals surface area contributed by atoms with E-state index in [0.717, 1.165) is 5.56 Å². The van der Waals surface area contributed by atoms with Gasteiger partial charge in [-0.2, -0.15) is 5.10 Å². The fourth-order valence-corrected chi connectivity index (χ4v) is 5.41. The van der Waals surface area contributed by atoms with Crippen LogP contribution < -0.4 is 0 Å². The molecule has 8 nitrogen and oxygen atoms in total. The number of piperazine rings is 1. The second-order valence-corrected chi connectivity index (χ2v) is 11.4. The van der Waals surface area contributed by atoms with Gasteiger partial charge in [0.05, 0.1) is 28.6 Å². The Labute approximate surface area is 220 Å². The van der Waals surface area contributed by atoms with Crippen molar-refractivity contribution >= 4 is 29.1 Å². The molecule has 3 heterocycles. The second-order valence-electron chi connectivity index (χ2n) is 11.0. The maximum absolute atomic E-state index is 13.7. The van der Waals surface area contributed by atoms with Crippen molar-refractivity contribution in [1.29, 1.82) is 0 Å². The first-order chi connectivity index (χ1) is 17.4. The number of benzene rings is 1. The summed E-state index contributed by atoms with van der Waals surface area (Å²) in [6, 6.07) is 6.36. The molecule has 0 unspecified atom stereocenters. The predicted octanol–water partition coefficient (Wildman–Crippen LogP) is 4.15. The third kappa shape index (κ3) is 4.70. The minimum Gasteiger partial charge on any atom is -0.393 e. The topological polar surface area (TPSA) is 91.0 Å². The van der Waals surface area contributed by atoms with E-state index in [1.165, 1.54) is 12.1 Å². The van der Waals surface area contributed by atoms with Crippen LogP contribution in [0.25, 0.3) is 16.9 Å². The summed E-state index contributed by atoms with van der Waals surface area (Å²) >= 11 is 6.00. The van der Waals surface area contributed by atoms with Crippen molar-refractivity contribution in [3.05, 3.63) is 52.6 Å². The van der Waals surface area contributed by atoms with E-state index in [1.807, 2.05) is 38.7 Å². The summed E-state index contributed by atoms with van der Waals surface area (Å²) in [4.78, 5) is 34.7. The van der Waals surface area contributed by atoms with Crippen LogP contribution in [0, 0.1) is 11.7 Å². The minimum atomic E-state index is -0.590. The number of fused-ring (bicyclic) bond motifs is 1. The molecule has 2 aliphatic rings. The van der Waals surface area contributed by atoms with Gasteiger partial charge >= 0.3 is 0 Å². The molecule has 10 heteroatoms. The van der Waals surface area contributed by atoms with Crippen LogP contribution in [0.3, 0.4) is 0 Å². The number of amides is 2. The molecule has 37 heavy (non-hydrogen) atoms. The maximum atomic E-state index is 13.7. The monoisotopic (exact) mass is 527 g/mol. The summed E-state index contributed by atoms with van der Waals surface area (Å²) < 4.78 is 15.3. The number of hydrogen-bond acceptors (Lipinski definition) is 5. The van der Waals surface area contributed by atoms with Crippen LogP contribution in [0.5, 0.6) is 0 Å². The molecule has 0 bridgehead atoms. The van der Waals surface area contributed by atoms with Gasteiger partial charge in [-0.25, -0.2) is 13.9 Å². The number of aromatic nitrogens is 3. The van der Waals surface area contributed by atoms with Gasteiger partial charge in [0.1, 0.15) is 11.5 Å². The van der Waals surface area contributed by atoms with Gasteiger partial charge in [-0.15, -0.1) is 0 Å². The van der Waals surface area contributed by atoms with Crippen molar-refractivity contribution in [2.24, 2.45) is 5.92 Å². The average Bonchev–Trinajstić information content (AvgIpc) is 3.26. The van der Waals surface area contributed by atoms with Gasteiger partial charge in [0, 0.05) is 36.7 Å². The quantitative estimate of drug-likeness (QED) is 0.550. The number of carbonyl (C=O) groups is 2. The molecular formula is C27H31ClFN5O3. The van der Waals surface area contributed by atoms with Crippen LogP contribution >= 0.6 is 11.6 Å². The zero-order valence-corrected chi connectivity index (χ0v) is 22.2. The third-order valence-corrected chi connectivity index (χ3v) is 7.72. The standard InChI is InChI=1S/C27H31ClFN5O3/c1-15(2)19-12-22(16-5-6-21(29)20(28)11-16)31-34-13-23(30-24(19)34)26(37)33-8-7-32(14-27(33,3)4)25(36)17-9-18(35)10-17/h5-6,11-13,15,17-18,35H,7-10,14H2,1-4H3/t17-,18-. The Hall–Kier alpha value is -3.04. The number of nitrogens with zero attached hydrogens (tertiary/aromatic N) is 5. The van der Waals surface area contributed by atoms with Crippen molar-refractivity contribution in [2.45, 2.75) is 58.1 Å². The second kappa shape index (κ2) is 9.36. The van der Waals surface area contributed by atoms with Gasteiger partial charge in [0.15, 0.2) is 5.65 Å². The summed E-state index contributed by atoms with van der Waals surface area (Å²) in [5.41, 5.74) is 2.44. The summed E-state index contributed by atoms with van der Waals surface area (Å²) in [6.07, 6.45) is 2.26. The van der Waals surface area contributed by atoms with E-state index in [4.69, 9.17) is 11.6 Å². The van der Waals surface area contributed by atoms with Crippen molar-refractivity contribution in [3.63, 3.8) is 0 Å². The van der Waals surface area contributed by atoms with Crippen molar-refractivity contribution in [3.8, 4) is 11.3 Å². The molecule has 5 rings (SSSR count). The Balaban J connectivity index is 1.43. The molecule has 0 spiro atoms. The summed E-state index contributed by atoms with van der Waals surface area (Å²) in [7, 11) is 0. The predicted molar refractivity (Wildman–Crippen MR) is 138 cm³/mol. The normalized spacial score (nSPS) is 21.4. The lowest BCUT2D eigenvalue weighted by atomic mass is 9.81. The van der Waals surface area contributed by atoms with Crippen LogP contribution in [0.2, 0.25) is 5.02 Å². The Bertz CT molecular complexity index is 1380. The lowest BCUT2D eigenvalue weighted by Crippen LogP contribution is -2.63. The first kappa shape index (κ1) is 25.6. The van der Waals surface area contributed by atoms with Crippen LogP contribution in [-0.4, -0.2) is 72.6 Å². The van der Waals surface area contributed by atoms with Crippen molar-refractivity contribution in [1.82, 2.24) is 24.4 Å². The summed E-state index contributed by atoms with van der Waals surface area (Å²) in [6.45, 7) is 9.22. The zero-order chi connectivity index (χ0) is 26.6. The largest absolute Gasteiger partial charge is 0.393 e. The van der Waals surface area contributed by atoms with E-state index < -0.39 is 11.4 Å². The SMILES string of the molecule is CC(C)c1cc(-c2ccc(F)c(Cl)c2)nn2cc(C(=O)N3CCN(C(=O)[C@H]4C[C@H](O)C4)CC3(C)C)nc12. The Morgan fingerprint density at radius 3 is 2.54 bits per heavy atom. The van der Waals surface area contributed by atoms with E-state index in [2.05, 4.69) is 10.1 Å². The summed E-state index contributed by atoms with van der Waals surface area (Å²) in [5, 5.41) is 14.2. The number of aliphatic hydroxyl groups excluding tert-OH is 1. The van der Waals surface area contributed by atoms with Crippen LogP contribution in [-0.2, 0) is 4.79 Å².